The van der Waals surface area contributed by atoms with E-state index in [-0.39, 0.29) is 5.71 Å². The molecule has 6 heteroatoms. The summed E-state index contributed by atoms with van der Waals surface area (Å²) in [6.07, 6.45) is 1.50. The van der Waals surface area contributed by atoms with Crippen LogP contribution in [0.15, 0.2) is 32.8 Å². The summed E-state index contributed by atoms with van der Waals surface area (Å²) in [6, 6.07) is 7.21. The normalized spacial score (nSPS) is 10.5. The third-order valence-corrected chi connectivity index (χ3v) is 2.46. The average molecular weight is 374 g/mol. The third kappa shape index (κ3) is 3.86. The Balaban J connectivity index is 3.20. The molecule has 18 heavy (non-hydrogen) atoms. The third-order valence-electron chi connectivity index (χ3n) is 2.05. The molecule has 0 spiro atoms. The van der Waals surface area contributed by atoms with Crippen LogP contribution in [0.2, 0.25) is 0 Å². The largest absolute Gasteiger partial charge is 0.493 e. The number of nitrogens with zero attached hydrogens (tertiary/aromatic N) is 2. The van der Waals surface area contributed by atoms with E-state index in [1.165, 1.54) is 6.20 Å². The van der Waals surface area contributed by atoms with Crippen molar-refractivity contribution in [1.82, 2.24) is 0 Å². The molecule has 0 bridgehead atoms. The molecule has 0 aromatic heterocycles. The molecule has 0 radical (unpaired) electrons. The van der Waals surface area contributed by atoms with Crippen LogP contribution >= 0.6 is 31.9 Å². The zero-order valence-electron chi connectivity index (χ0n) is 9.78. The van der Waals surface area contributed by atoms with Crippen molar-refractivity contribution < 1.29 is 9.47 Å². The Labute approximate surface area is 122 Å². The molecule has 0 unspecified atom stereocenters. The predicted molar refractivity (Wildman–Crippen MR) is 77.6 cm³/mol. The number of hydrogen-bond acceptors (Lipinski definition) is 4. The summed E-state index contributed by atoms with van der Waals surface area (Å²) < 4.78 is 11.0. The van der Waals surface area contributed by atoms with E-state index in [9.17, 15) is 0 Å². The van der Waals surface area contributed by atoms with Gasteiger partial charge in [-0.3, -0.25) is 0 Å². The van der Waals surface area contributed by atoms with Crippen molar-refractivity contribution in [2.24, 2.45) is 4.99 Å². The molecule has 4 nitrogen and oxygen atoms in total. The molecule has 1 aromatic rings. The van der Waals surface area contributed by atoms with Gasteiger partial charge in [0.2, 0.25) is 0 Å². The molecule has 0 N–H and O–H groups in total. The van der Waals surface area contributed by atoms with Crippen LogP contribution in [0.3, 0.4) is 0 Å². The number of rotatable bonds is 4. The number of benzene rings is 1. The molecule has 0 amide bonds. The SMILES string of the molecule is COc1ccc(C(C#N)=NC=C(Br)Br)cc1OC. The second kappa shape index (κ2) is 7.19. The Morgan fingerprint density at radius 1 is 1.28 bits per heavy atom. The molecule has 0 atom stereocenters. The Morgan fingerprint density at radius 2 is 1.94 bits per heavy atom. The summed E-state index contributed by atoms with van der Waals surface area (Å²) in [6.45, 7) is 0. The zero-order valence-corrected chi connectivity index (χ0v) is 12.9. The van der Waals surface area contributed by atoms with E-state index >= 15 is 0 Å². The molecule has 0 fully saturated rings. The fourth-order valence-corrected chi connectivity index (χ4v) is 1.47. The summed E-state index contributed by atoms with van der Waals surface area (Å²) in [5, 5.41) is 9.07. The van der Waals surface area contributed by atoms with E-state index in [1.807, 2.05) is 6.07 Å². The first kappa shape index (κ1) is 14.7. The van der Waals surface area contributed by atoms with Crippen LogP contribution in [0.5, 0.6) is 11.5 Å². The first-order valence-electron chi connectivity index (χ1n) is 4.83. The average Bonchev–Trinajstić information content (AvgIpc) is 2.38. The predicted octanol–water partition coefficient (Wildman–Crippen LogP) is 3.61. The van der Waals surface area contributed by atoms with Gasteiger partial charge in [-0.15, -0.1) is 0 Å². The molecule has 94 valence electrons. The number of nitriles is 1. The first-order valence-corrected chi connectivity index (χ1v) is 6.42. The molecular formula is C12H10Br2N2O2. The lowest BCUT2D eigenvalue weighted by Crippen LogP contribution is -1.98. The Bertz CT molecular complexity index is 529. The summed E-state index contributed by atoms with van der Waals surface area (Å²) >= 11 is 6.34. The van der Waals surface area contributed by atoms with Crippen LogP contribution < -0.4 is 9.47 Å². The summed E-state index contributed by atoms with van der Waals surface area (Å²) in [5.41, 5.74) is 0.944. The van der Waals surface area contributed by atoms with Crippen LogP contribution in [0.4, 0.5) is 0 Å². The minimum absolute atomic E-state index is 0.285. The highest BCUT2D eigenvalue weighted by Crippen LogP contribution is 2.27. The molecule has 0 aliphatic carbocycles. The van der Waals surface area contributed by atoms with Gasteiger partial charge in [-0.05, 0) is 50.1 Å². The Hall–Kier alpha value is -1.32. The van der Waals surface area contributed by atoms with Crippen molar-refractivity contribution in [3.63, 3.8) is 0 Å². The van der Waals surface area contributed by atoms with Crippen molar-refractivity contribution in [2.45, 2.75) is 0 Å². The standard InChI is InChI=1S/C12H10Br2N2O2/c1-17-10-4-3-8(5-11(10)18-2)9(6-15)16-7-12(13)14/h3-5,7H,1-2H3. The van der Waals surface area contributed by atoms with Crippen molar-refractivity contribution in [1.29, 1.82) is 5.26 Å². The number of ether oxygens (including phenoxy) is 2. The van der Waals surface area contributed by atoms with Gasteiger partial charge in [-0.2, -0.15) is 5.26 Å². The molecule has 0 saturated heterocycles. The van der Waals surface area contributed by atoms with Crippen LogP contribution in [0.25, 0.3) is 0 Å². The summed E-state index contributed by atoms with van der Waals surface area (Å²) in [5.74, 6) is 1.16. The lowest BCUT2D eigenvalue weighted by Gasteiger charge is -2.08. The number of methoxy groups -OCH3 is 2. The lowest BCUT2D eigenvalue weighted by atomic mass is 10.1. The van der Waals surface area contributed by atoms with Gasteiger partial charge in [-0.1, -0.05) is 0 Å². The van der Waals surface area contributed by atoms with Crippen LogP contribution in [-0.4, -0.2) is 19.9 Å². The van der Waals surface area contributed by atoms with E-state index in [4.69, 9.17) is 14.7 Å². The van der Waals surface area contributed by atoms with Crippen molar-refractivity contribution in [3.05, 3.63) is 33.4 Å². The van der Waals surface area contributed by atoms with Gasteiger partial charge < -0.3 is 9.47 Å². The molecule has 1 rings (SSSR count). The van der Waals surface area contributed by atoms with E-state index < -0.39 is 0 Å². The molecule has 1 aromatic carbocycles. The van der Waals surface area contributed by atoms with Gasteiger partial charge in [0.05, 0.1) is 17.6 Å². The second-order valence-corrected chi connectivity index (χ2v) is 5.85. The van der Waals surface area contributed by atoms with Crippen molar-refractivity contribution >= 4 is 37.6 Å². The van der Waals surface area contributed by atoms with E-state index in [1.54, 1.807) is 32.4 Å². The fourth-order valence-electron chi connectivity index (χ4n) is 1.26. The Morgan fingerprint density at radius 3 is 2.44 bits per heavy atom. The van der Waals surface area contributed by atoms with Crippen LogP contribution in [-0.2, 0) is 0 Å². The Kier molecular flexibility index (Phi) is 5.89. The maximum atomic E-state index is 9.07. The van der Waals surface area contributed by atoms with Crippen LogP contribution in [0, 0.1) is 11.3 Å². The van der Waals surface area contributed by atoms with Gasteiger partial charge in [0, 0.05) is 11.8 Å². The molecule has 0 aliphatic heterocycles. The van der Waals surface area contributed by atoms with Gasteiger partial charge in [0.15, 0.2) is 11.5 Å². The smallest absolute Gasteiger partial charge is 0.161 e. The first-order chi connectivity index (χ1) is 8.62. The van der Waals surface area contributed by atoms with Gasteiger partial charge in [0.1, 0.15) is 11.8 Å². The zero-order chi connectivity index (χ0) is 13.5. The molecule has 0 heterocycles. The summed E-state index contributed by atoms with van der Waals surface area (Å²) in [4.78, 5) is 4.05. The maximum Gasteiger partial charge on any atom is 0.161 e. The molecular weight excluding hydrogens is 364 g/mol. The second-order valence-electron chi connectivity index (χ2n) is 3.08. The van der Waals surface area contributed by atoms with E-state index in [0.717, 1.165) is 0 Å². The monoisotopic (exact) mass is 372 g/mol. The summed E-state index contributed by atoms with van der Waals surface area (Å²) in [7, 11) is 3.10. The van der Waals surface area contributed by atoms with E-state index in [0.29, 0.717) is 20.5 Å². The molecule has 0 saturated carbocycles. The van der Waals surface area contributed by atoms with Gasteiger partial charge >= 0.3 is 0 Å². The van der Waals surface area contributed by atoms with Crippen LogP contribution in [0.1, 0.15) is 5.56 Å². The topological polar surface area (TPSA) is 54.6 Å². The lowest BCUT2D eigenvalue weighted by molar-refractivity contribution is 0.355. The van der Waals surface area contributed by atoms with E-state index in [2.05, 4.69) is 36.9 Å². The minimum Gasteiger partial charge on any atom is -0.493 e. The highest BCUT2D eigenvalue weighted by molar-refractivity contribution is 9.28. The van der Waals surface area contributed by atoms with Gasteiger partial charge in [0.25, 0.3) is 0 Å². The van der Waals surface area contributed by atoms with Crippen molar-refractivity contribution in [2.75, 3.05) is 14.2 Å². The van der Waals surface area contributed by atoms with Crippen molar-refractivity contribution in [3.8, 4) is 17.6 Å². The highest BCUT2D eigenvalue weighted by Gasteiger charge is 2.08. The molecule has 0 aliphatic rings. The maximum absolute atomic E-state index is 9.07. The minimum atomic E-state index is 0.285. The number of halogens is 2. The highest BCUT2D eigenvalue weighted by atomic mass is 79.9. The quantitative estimate of drug-likeness (QED) is 0.757. The van der Waals surface area contributed by atoms with Gasteiger partial charge in [-0.25, -0.2) is 4.99 Å². The number of aliphatic imine (C=N–C) groups is 1. The number of hydrogen-bond donors (Lipinski definition) is 0. The fraction of sp³-hybridized carbons (Fsp3) is 0.167.